The predicted molar refractivity (Wildman–Crippen MR) is 164 cm³/mol. The Morgan fingerprint density at radius 2 is 1.70 bits per heavy atom. The molecule has 0 atom stereocenters. The van der Waals surface area contributed by atoms with Crippen LogP contribution in [0.2, 0.25) is 0 Å². The molecule has 2 aliphatic rings. The molecule has 5 rings (SSSR count). The Balaban J connectivity index is 1.13. The largest absolute Gasteiger partial charge is 0.485 e. The Hall–Kier alpha value is -4.29. The number of piperazine rings is 2. The van der Waals surface area contributed by atoms with Gasteiger partial charge in [0.05, 0.1) is 12.2 Å². The van der Waals surface area contributed by atoms with Crippen molar-refractivity contribution >= 4 is 29.3 Å². The van der Waals surface area contributed by atoms with Crippen LogP contribution in [0.3, 0.4) is 0 Å². The molecule has 0 aliphatic carbocycles. The number of carbonyl (C=O) groups excluding carboxylic acids is 2. The van der Waals surface area contributed by atoms with Crippen molar-refractivity contribution in [3.05, 3.63) is 71.8 Å². The minimum absolute atomic E-state index is 0.0860. The summed E-state index contributed by atoms with van der Waals surface area (Å²) in [6, 6.07) is 11.8. The number of halogens is 1. The maximum absolute atomic E-state index is 14.2. The Kier molecular flexibility index (Phi) is 10.0. The first-order chi connectivity index (χ1) is 20.9. The molecule has 0 saturated carbocycles. The molecule has 0 bridgehead atoms. The lowest BCUT2D eigenvalue weighted by molar-refractivity contribution is -0.117. The topological polar surface area (TPSA) is 106 Å². The summed E-state index contributed by atoms with van der Waals surface area (Å²) in [5.74, 6) is 1.27. The maximum atomic E-state index is 14.2. The van der Waals surface area contributed by atoms with Gasteiger partial charge in [-0.1, -0.05) is 13.0 Å². The van der Waals surface area contributed by atoms with Crippen LogP contribution in [0.4, 0.5) is 26.5 Å². The van der Waals surface area contributed by atoms with Crippen LogP contribution in [0.15, 0.2) is 54.9 Å². The van der Waals surface area contributed by atoms with Gasteiger partial charge in [-0.15, -0.1) is 0 Å². The van der Waals surface area contributed by atoms with E-state index in [0.717, 1.165) is 43.7 Å². The van der Waals surface area contributed by atoms with Gasteiger partial charge in [0.15, 0.2) is 11.6 Å². The van der Waals surface area contributed by atoms with E-state index in [1.165, 1.54) is 6.07 Å². The summed E-state index contributed by atoms with van der Waals surface area (Å²) in [5.41, 5.74) is 2.01. The molecule has 2 N–H and O–H groups in total. The highest BCUT2D eigenvalue weighted by Crippen LogP contribution is 2.27. The summed E-state index contributed by atoms with van der Waals surface area (Å²) in [7, 11) is 2.09. The number of nitrogens with zero attached hydrogens (tertiary/aromatic N) is 6. The molecule has 0 radical (unpaired) electrons. The highest BCUT2D eigenvalue weighted by atomic mass is 19.1. The quantitative estimate of drug-likeness (QED) is 0.391. The fourth-order valence-electron chi connectivity index (χ4n) is 5.12. The number of hydrogen-bond acceptors (Lipinski definition) is 8. The second kappa shape index (κ2) is 14.3. The van der Waals surface area contributed by atoms with E-state index in [4.69, 9.17) is 4.74 Å². The molecular weight excluding hydrogens is 551 g/mol. The van der Waals surface area contributed by atoms with Gasteiger partial charge in [-0.2, -0.15) is 0 Å². The highest BCUT2D eigenvalue weighted by molar-refractivity contribution is 5.91. The van der Waals surface area contributed by atoms with Crippen LogP contribution in [-0.4, -0.2) is 103 Å². The van der Waals surface area contributed by atoms with Gasteiger partial charge >= 0.3 is 6.03 Å². The number of benzene rings is 1. The summed E-state index contributed by atoms with van der Waals surface area (Å²) < 4.78 is 20.4. The lowest BCUT2D eigenvalue weighted by Crippen LogP contribution is -2.50. The number of aryl methyl sites for hydroxylation is 1. The zero-order chi connectivity index (χ0) is 30.2. The Labute approximate surface area is 251 Å². The van der Waals surface area contributed by atoms with Crippen molar-refractivity contribution in [3.63, 3.8) is 0 Å². The molecule has 2 saturated heterocycles. The van der Waals surface area contributed by atoms with Gasteiger partial charge in [0.25, 0.3) is 0 Å². The summed E-state index contributed by atoms with van der Waals surface area (Å²) >= 11 is 0. The number of likely N-dealkylation sites (N-methyl/N-ethyl adjacent to an activating group) is 1. The molecule has 12 heteroatoms. The predicted octanol–water partition coefficient (Wildman–Crippen LogP) is 3.30. The van der Waals surface area contributed by atoms with Crippen LogP contribution < -0.4 is 20.3 Å². The minimum Gasteiger partial charge on any atom is -0.485 e. The number of hydrogen-bond donors (Lipinski definition) is 2. The average molecular weight is 591 g/mol. The van der Waals surface area contributed by atoms with Crippen molar-refractivity contribution in [2.75, 3.05) is 81.5 Å². The van der Waals surface area contributed by atoms with Crippen molar-refractivity contribution in [1.29, 1.82) is 0 Å². The third-order valence-corrected chi connectivity index (χ3v) is 7.75. The zero-order valence-electron chi connectivity index (χ0n) is 24.8. The number of urea groups is 1. The number of carbonyl (C=O) groups is 2. The van der Waals surface area contributed by atoms with E-state index >= 15 is 0 Å². The van der Waals surface area contributed by atoms with Gasteiger partial charge in [-0.25, -0.2) is 19.2 Å². The molecular formula is C31H39FN8O3. The van der Waals surface area contributed by atoms with Crippen molar-refractivity contribution in [3.8, 4) is 5.75 Å². The number of nitrogens with one attached hydrogen (secondary N) is 2. The SMILES string of the molecule is CCc1ccc(F)c(NC(=O)N2CCN(c3ncccc3OCc3ccnc(NC(=O)CN4CCN(C)CC4)c3)CC2)c1. The zero-order valence-corrected chi connectivity index (χ0v) is 24.8. The van der Waals surface area contributed by atoms with Gasteiger partial charge in [0.2, 0.25) is 5.91 Å². The number of anilines is 3. The van der Waals surface area contributed by atoms with E-state index < -0.39 is 5.82 Å². The van der Waals surface area contributed by atoms with Crippen LogP contribution in [-0.2, 0) is 17.8 Å². The second-order valence-electron chi connectivity index (χ2n) is 10.9. The smallest absolute Gasteiger partial charge is 0.322 e. The molecule has 2 aliphatic heterocycles. The molecule has 2 aromatic heterocycles. The van der Waals surface area contributed by atoms with Gasteiger partial charge in [-0.05, 0) is 61.0 Å². The molecule has 4 heterocycles. The molecule has 2 fully saturated rings. The third-order valence-electron chi connectivity index (χ3n) is 7.75. The summed E-state index contributed by atoms with van der Waals surface area (Å²) in [4.78, 5) is 42.4. The van der Waals surface area contributed by atoms with E-state index in [2.05, 4.69) is 42.3 Å². The Bertz CT molecular complexity index is 1410. The van der Waals surface area contributed by atoms with E-state index in [1.807, 2.05) is 31.2 Å². The normalized spacial score (nSPS) is 16.2. The van der Waals surface area contributed by atoms with Crippen LogP contribution >= 0.6 is 0 Å². The molecule has 0 unspecified atom stereocenters. The van der Waals surface area contributed by atoms with Crippen LogP contribution in [0.25, 0.3) is 0 Å². The number of ether oxygens (including phenoxy) is 1. The fraction of sp³-hybridized carbons (Fsp3) is 0.419. The van der Waals surface area contributed by atoms with E-state index in [0.29, 0.717) is 50.1 Å². The van der Waals surface area contributed by atoms with Gasteiger partial charge < -0.3 is 30.1 Å². The van der Waals surface area contributed by atoms with Crippen LogP contribution in [0, 0.1) is 5.82 Å². The fourth-order valence-corrected chi connectivity index (χ4v) is 5.12. The number of aromatic nitrogens is 2. The molecule has 1 aromatic carbocycles. The van der Waals surface area contributed by atoms with Crippen molar-refractivity contribution in [2.45, 2.75) is 20.0 Å². The van der Waals surface area contributed by atoms with E-state index in [-0.39, 0.29) is 24.2 Å². The van der Waals surface area contributed by atoms with E-state index in [9.17, 15) is 14.0 Å². The summed E-state index contributed by atoms with van der Waals surface area (Å²) in [6.45, 7) is 8.26. The molecule has 0 spiro atoms. The summed E-state index contributed by atoms with van der Waals surface area (Å²) in [6.07, 6.45) is 4.13. The first-order valence-electron chi connectivity index (χ1n) is 14.7. The number of rotatable bonds is 9. The van der Waals surface area contributed by atoms with Gasteiger partial charge in [0.1, 0.15) is 18.2 Å². The first kappa shape index (κ1) is 30.2. The van der Waals surface area contributed by atoms with Crippen molar-refractivity contribution in [2.24, 2.45) is 0 Å². The standard InChI is InChI=1S/C31H39FN8O3/c1-3-23-6-7-25(32)26(19-23)35-31(42)40-17-15-39(16-18-40)30-27(5-4-9-34-30)43-22-24-8-10-33-28(20-24)36-29(41)21-38-13-11-37(2)12-14-38/h4-10,19-20H,3,11-18,21-22H2,1-2H3,(H,35,42)(H,33,36,41). The summed E-state index contributed by atoms with van der Waals surface area (Å²) in [5, 5.41) is 5.61. The number of pyridine rings is 2. The maximum Gasteiger partial charge on any atom is 0.322 e. The minimum atomic E-state index is -0.450. The average Bonchev–Trinajstić information content (AvgIpc) is 3.02. The van der Waals surface area contributed by atoms with E-state index in [1.54, 1.807) is 29.4 Å². The molecule has 228 valence electrons. The van der Waals surface area contributed by atoms with Crippen LogP contribution in [0.5, 0.6) is 5.75 Å². The molecule has 3 aromatic rings. The molecule has 11 nitrogen and oxygen atoms in total. The second-order valence-corrected chi connectivity index (χ2v) is 10.9. The third kappa shape index (κ3) is 8.17. The lowest BCUT2D eigenvalue weighted by Gasteiger charge is -2.35. The monoisotopic (exact) mass is 590 g/mol. The highest BCUT2D eigenvalue weighted by Gasteiger charge is 2.25. The molecule has 43 heavy (non-hydrogen) atoms. The first-order valence-corrected chi connectivity index (χ1v) is 14.7. The van der Waals surface area contributed by atoms with Gasteiger partial charge in [-0.3, -0.25) is 9.69 Å². The number of amides is 3. The Morgan fingerprint density at radius 3 is 2.47 bits per heavy atom. The Morgan fingerprint density at radius 1 is 0.907 bits per heavy atom. The van der Waals surface area contributed by atoms with Crippen LogP contribution in [0.1, 0.15) is 18.1 Å². The lowest BCUT2D eigenvalue weighted by atomic mass is 10.1. The molecule has 3 amide bonds. The van der Waals surface area contributed by atoms with Crippen molar-refractivity contribution in [1.82, 2.24) is 24.7 Å². The van der Waals surface area contributed by atoms with Crippen molar-refractivity contribution < 1.29 is 18.7 Å². The van der Waals surface area contributed by atoms with Gasteiger partial charge in [0, 0.05) is 64.8 Å².